The highest BCUT2D eigenvalue weighted by molar-refractivity contribution is 5.94. The SMILES string of the molecule is CCCCCCNC(=O)c1ccc(OCCF)cc1. The highest BCUT2D eigenvalue weighted by Gasteiger charge is 2.04. The molecule has 0 aromatic heterocycles. The van der Waals surface area contributed by atoms with Gasteiger partial charge in [0.05, 0.1) is 0 Å². The number of amides is 1. The predicted octanol–water partition coefficient (Wildman–Crippen LogP) is 3.35. The van der Waals surface area contributed by atoms with E-state index in [9.17, 15) is 9.18 Å². The number of carbonyl (C=O) groups is 1. The number of hydrogen-bond acceptors (Lipinski definition) is 2. The molecule has 0 saturated heterocycles. The highest BCUT2D eigenvalue weighted by Crippen LogP contribution is 2.12. The fourth-order valence-electron chi connectivity index (χ4n) is 1.71. The molecule has 19 heavy (non-hydrogen) atoms. The molecular formula is C15H22FNO2. The molecule has 0 unspecified atom stereocenters. The number of rotatable bonds is 9. The van der Waals surface area contributed by atoms with Gasteiger partial charge in [-0.15, -0.1) is 0 Å². The van der Waals surface area contributed by atoms with Gasteiger partial charge in [-0.2, -0.15) is 0 Å². The molecule has 1 rings (SSSR count). The molecule has 1 amide bonds. The first-order valence-electron chi connectivity index (χ1n) is 6.85. The zero-order valence-electron chi connectivity index (χ0n) is 11.5. The Morgan fingerprint density at radius 1 is 1.21 bits per heavy atom. The second-order valence-electron chi connectivity index (χ2n) is 4.38. The number of hydrogen-bond donors (Lipinski definition) is 1. The number of alkyl halides is 1. The van der Waals surface area contributed by atoms with Crippen molar-refractivity contribution in [3.05, 3.63) is 29.8 Å². The van der Waals surface area contributed by atoms with E-state index in [0.29, 0.717) is 17.9 Å². The molecule has 1 N–H and O–H groups in total. The molecule has 0 spiro atoms. The summed E-state index contributed by atoms with van der Waals surface area (Å²) < 4.78 is 17.0. The van der Waals surface area contributed by atoms with E-state index < -0.39 is 6.67 Å². The quantitative estimate of drug-likeness (QED) is 0.697. The number of carbonyl (C=O) groups excluding carboxylic acids is 1. The van der Waals surface area contributed by atoms with Crippen molar-refractivity contribution < 1.29 is 13.9 Å². The zero-order chi connectivity index (χ0) is 13.9. The van der Waals surface area contributed by atoms with Gasteiger partial charge >= 0.3 is 0 Å². The van der Waals surface area contributed by atoms with Gasteiger partial charge in [-0.25, -0.2) is 4.39 Å². The van der Waals surface area contributed by atoms with Crippen LogP contribution in [-0.4, -0.2) is 25.7 Å². The van der Waals surface area contributed by atoms with Crippen LogP contribution in [0.2, 0.25) is 0 Å². The molecule has 0 bridgehead atoms. The predicted molar refractivity (Wildman–Crippen MR) is 74.4 cm³/mol. The first-order chi connectivity index (χ1) is 9.27. The third-order valence-electron chi connectivity index (χ3n) is 2.78. The second kappa shape index (κ2) is 9.36. The van der Waals surface area contributed by atoms with Crippen molar-refractivity contribution in [2.75, 3.05) is 19.8 Å². The maximum Gasteiger partial charge on any atom is 0.251 e. The minimum absolute atomic E-state index is 0.0446. The number of nitrogens with one attached hydrogen (secondary N) is 1. The second-order valence-corrected chi connectivity index (χ2v) is 4.38. The minimum atomic E-state index is -0.514. The van der Waals surface area contributed by atoms with Gasteiger partial charge in [-0.3, -0.25) is 4.79 Å². The molecule has 0 atom stereocenters. The van der Waals surface area contributed by atoms with E-state index in [4.69, 9.17) is 4.74 Å². The Labute approximate surface area is 114 Å². The fourth-order valence-corrected chi connectivity index (χ4v) is 1.71. The van der Waals surface area contributed by atoms with E-state index in [2.05, 4.69) is 12.2 Å². The molecule has 106 valence electrons. The smallest absolute Gasteiger partial charge is 0.251 e. The van der Waals surface area contributed by atoms with Crippen LogP contribution in [0.3, 0.4) is 0 Å². The van der Waals surface area contributed by atoms with E-state index in [1.54, 1.807) is 24.3 Å². The number of unbranched alkanes of at least 4 members (excludes halogenated alkanes) is 3. The largest absolute Gasteiger partial charge is 0.491 e. The summed E-state index contributed by atoms with van der Waals surface area (Å²) in [5, 5.41) is 2.88. The lowest BCUT2D eigenvalue weighted by Gasteiger charge is -2.07. The molecule has 0 fully saturated rings. The van der Waals surface area contributed by atoms with Crippen molar-refractivity contribution in [1.29, 1.82) is 0 Å². The topological polar surface area (TPSA) is 38.3 Å². The van der Waals surface area contributed by atoms with Crippen LogP contribution in [0.15, 0.2) is 24.3 Å². The maximum absolute atomic E-state index is 11.9. The minimum Gasteiger partial charge on any atom is -0.491 e. The summed E-state index contributed by atoms with van der Waals surface area (Å²) in [6, 6.07) is 6.74. The van der Waals surface area contributed by atoms with Gasteiger partial charge in [-0.1, -0.05) is 26.2 Å². The fraction of sp³-hybridized carbons (Fsp3) is 0.533. The lowest BCUT2D eigenvalue weighted by atomic mass is 10.2. The van der Waals surface area contributed by atoms with Crippen LogP contribution in [0.4, 0.5) is 4.39 Å². The summed E-state index contributed by atoms with van der Waals surface area (Å²) in [7, 11) is 0. The van der Waals surface area contributed by atoms with Crippen molar-refractivity contribution in [3.63, 3.8) is 0 Å². The van der Waals surface area contributed by atoms with Crippen LogP contribution in [0.5, 0.6) is 5.75 Å². The normalized spacial score (nSPS) is 10.2. The Bertz CT molecular complexity index is 365. The van der Waals surface area contributed by atoms with Gasteiger partial charge in [0.1, 0.15) is 19.0 Å². The Morgan fingerprint density at radius 3 is 2.58 bits per heavy atom. The Morgan fingerprint density at radius 2 is 1.95 bits per heavy atom. The Balaban J connectivity index is 2.32. The molecule has 4 heteroatoms. The van der Waals surface area contributed by atoms with Crippen molar-refractivity contribution in [2.24, 2.45) is 0 Å². The summed E-state index contributed by atoms with van der Waals surface area (Å²) in [5.41, 5.74) is 0.600. The average Bonchev–Trinajstić information content (AvgIpc) is 2.45. The number of ether oxygens (including phenoxy) is 1. The van der Waals surface area contributed by atoms with Crippen LogP contribution >= 0.6 is 0 Å². The summed E-state index contributed by atoms with van der Waals surface area (Å²) >= 11 is 0. The molecular weight excluding hydrogens is 245 g/mol. The molecule has 0 aliphatic heterocycles. The third-order valence-corrected chi connectivity index (χ3v) is 2.78. The Kier molecular flexibility index (Phi) is 7.63. The van der Waals surface area contributed by atoms with E-state index in [1.165, 1.54) is 12.8 Å². The van der Waals surface area contributed by atoms with Gasteiger partial charge in [0.25, 0.3) is 5.91 Å². The molecule has 0 heterocycles. The van der Waals surface area contributed by atoms with Gasteiger partial charge in [0.2, 0.25) is 0 Å². The lowest BCUT2D eigenvalue weighted by Crippen LogP contribution is -2.24. The third kappa shape index (κ3) is 6.22. The molecule has 3 nitrogen and oxygen atoms in total. The van der Waals surface area contributed by atoms with E-state index >= 15 is 0 Å². The van der Waals surface area contributed by atoms with E-state index in [1.807, 2.05) is 0 Å². The molecule has 1 aromatic rings. The summed E-state index contributed by atoms with van der Waals surface area (Å²) in [5.74, 6) is 0.505. The van der Waals surface area contributed by atoms with E-state index in [0.717, 1.165) is 12.8 Å². The van der Waals surface area contributed by atoms with Crippen LogP contribution in [0.1, 0.15) is 43.0 Å². The van der Waals surface area contributed by atoms with Crippen molar-refractivity contribution in [2.45, 2.75) is 32.6 Å². The first kappa shape index (κ1) is 15.5. The Hall–Kier alpha value is -1.58. The van der Waals surface area contributed by atoms with Crippen LogP contribution < -0.4 is 10.1 Å². The van der Waals surface area contributed by atoms with Gasteiger partial charge < -0.3 is 10.1 Å². The van der Waals surface area contributed by atoms with Crippen LogP contribution in [-0.2, 0) is 0 Å². The monoisotopic (exact) mass is 267 g/mol. The van der Waals surface area contributed by atoms with Crippen molar-refractivity contribution in [3.8, 4) is 5.75 Å². The molecule has 0 saturated carbocycles. The molecule has 0 aliphatic rings. The van der Waals surface area contributed by atoms with Crippen LogP contribution in [0, 0.1) is 0 Å². The zero-order valence-corrected chi connectivity index (χ0v) is 11.5. The molecule has 0 aliphatic carbocycles. The number of halogens is 1. The average molecular weight is 267 g/mol. The number of benzene rings is 1. The summed E-state index contributed by atoms with van der Waals surface area (Å²) in [6.07, 6.45) is 4.55. The van der Waals surface area contributed by atoms with Crippen LogP contribution in [0.25, 0.3) is 0 Å². The van der Waals surface area contributed by atoms with Gasteiger partial charge in [0, 0.05) is 12.1 Å². The lowest BCUT2D eigenvalue weighted by molar-refractivity contribution is 0.0953. The highest BCUT2D eigenvalue weighted by atomic mass is 19.1. The summed E-state index contributed by atoms with van der Waals surface area (Å²) in [6.45, 7) is 2.40. The standard InChI is InChI=1S/C15H22FNO2/c1-2-3-4-5-11-17-15(18)13-6-8-14(9-7-13)19-12-10-16/h6-9H,2-5,10-12H2,1H3,(H,17,18). The van der Waals surface area contributed by atoms with Gasteiger partial charge in [-0.05, 0) is 30.7 Å². The van der Waals surface area contributed by atoms with Crippen molar-refractivity contribution >= 4 is 5.91 Å². The van der Waals surface area contributed by atoms with E-state index in [-0.39, 0.29) is 12.5 Å². The molecule has 0 radical (unpaired) electrons. The van der Waals surface area contributed by atoms with Gasteiger partial charge in [0.15, 0.2) is 0 Å². The van der Waals surface area contributed by atoms with Crippen molar-refractivity contribution in [1.82, 2.24) is 5.32 Å². The molecule has 1 aromatic carbocycles. The summed E-state index contributed by atoms with van der Waals surface area (Å²) in [4.78, 5) is 11.8. The maximum atomic E-state index is 11.9. The first-order valence-corrected chi connectivity index (χ1v) is 6.85.